The maximum atomic E-state index is 5.52. The van der Waals surface area contributed by atoms with Crippen LogP contribution in [0.3, 0.4) is 0 Å². The molecular formula is C13H25N5O. The van der Waals surface area contributed by atoms with Gasteiger partial charge in [-0.05, 0) is 33.1 Å². The second-order valence-corrected chi connectivity index (χ2v) is 5.36. The van der Waals surface area contributed by atoms with Crippen LogP contribution >= 0.6 is 0 Å². The molecule has 1 rings (SSSR count). The third kappa shape index (κ3) is 5.72. The van der Waals surface area contributed by atoms with Crippen LogP contribution in [-0.2, 0) is 0 Å². The molecule has 0 aromatic carbocycles. The fourth-order valence-corrected chi connectivity index (χ4v) is 1.78. The molecule has 6 nitrogen and oxygen atoms in total. The number of anilines is 2. The van der Waals surface area contributed by atoms with E-state index in [1.807, 2.05) is 13.8 Å². The van der Waals surface area contributed by atoms with E-state index in [0.717, 1.165) is 6.42 Å². The highest BCUT2D eigenvalue weighted by atomic mass is 16.5. The Morgan fingerprint density at radius 1 is 1.00 bits per heavy atom. The summed E-state index contributed by atoms with van der Waals surface area (Å²) in [6, 6.07) is 0.646. The van der Waals surface area contributed by atoms with E-state index in [1.54, 1.807) is 7.05 Å². The van der Waals surface area contributed by atoms with Gasteiger partial charge in [-0.15, -0.1) is 0 Å². The number of aromatic nitrogens is 3. The van der Waals surface area contributed by atoms with E-state index in [-0.39, 0.29) is 6.10 Å². The van der Waals surface area contributed by atoms with Gasteiger partial charge in [0.15, 0.2) is 0 Å². The minimum absolute atomic E-state index is 0.0352. The van der Waals surface area contributed by atoms with Crippen molar-refractivity contribution >= 4 is 11.9 Å². The van der Waals surface area contributed by atoms with Crippen LogP contribution in [0, 0.1) is 5.92 Å². The zero-order valence-corrected chi connectivity index (χ0v) is 12.7. The van der Waals surface area contributed by atoms with E-state index in [2.05, 4.69) is 46.4 Å². The van der Waals surface area contributed by atoms with Gasteiger partial charge in [-0.1, -0.05) is 13.8 Å². The molecule has 108 valence electrons. The van der Waals surface area contributed by atoms with E-state index in [0.29, 0.717) is 29.9 Å². The average molecular weight is 267 g/mol. The van der Waals surface area contributed by atoms with Crippen LogP contribution in [0.4, 0.5) is 11.9 Å². The Hall–Kier alpha value is -1.59. The molecule has 19 heavy (non-hydrogen) atoms. The molecule has 1 aromatic rings. The smallest absolute Gasteiger partial charge is 0.323 e. The Bertz CT molecular complexity index is 395. The highest BCUT2D eigenvalue weighted by molar-refractivity contribution is 5.35. The lowest BCUT2D eigenvalue weighted by Crippen LogP contribution is -2.20. The summed E-state index contributed by atoms with van der Waals surface area (Å²) < 4.78 is 5.52. The van der Waals surface area contributed by atoms with E-state index >= 15 is 0 Å². The van der Waals surface area contributed by atoms with Gasteiger partial charge in [-0.3, -0.25) is 0 Å². The van der Waals surface area contributed by atoms with Gasteiger partial charge in [0.05, 0.1) is 6.10 Å². The quantitative estimate of drug-likeness (QED) is 0.791. The third-order valence-electron chi connectivity index (χ3n) is 2.38. The predicted octanol–water partition coefficient (Wildman–Crippen LogP) is 2.55. The summed E-state index contributed by atoms with van der Waals surface area (Å²) in [4.78, 5) is 12.7. The first kappa shape index (κ1) is 15.5. The molecule has 1 atom stereocenters. The van der Waals surface area contributed by atoms with Crippen molar-refractivity contribution in [2.45, 2.75) is 53.2 Å². The molecule has 1 heterocycles. The summed E-state index contributed by atoms with van der Waals surface area (Å²) >= 11 is 0. The van der Waals surface area contributed by atoms with Crippen molar-refractivity contribution < 1.29 is 4.74 Å². The van der Waals surface area contributed by atoms with Crippen LogP contribution in [0.1, 0.15) is 41.0 Å². The molecule has 0 radical (unpaired) electrons. The van der Waals surface area contributed by atoms with Crippen LogP contribution in [-0.4, -0.2) is 34.1 Å². The van der Waals surface area contributed by atoms with Crippen molar-refractivity contribution in [3.63, 3.8) is 0 Å². The molecular weight excluding hydrogens is 242 g/mol. The second-order valence-electron chi connectivity index (χ2n) is 5.36. The van der Waals surface area contributed by atoms with E-state index in [9.17, 15) is 0 Å². The van der Waals surface area contributed by atoms with Crippen molar-refractivity contribution in [1.29, 1.82) is 0 Å². The monoisotopic (exact) mass is 267 g/mol. The summed E-state index contributed by atoms with van der Waals surface area (Å²) in [7, 11) is 1.77. The number of nitrogens with one attached hydrogen (secondary N) is 2. The molecule has 0 saturated carbocycles. The van der Waals surface area contributed by atoms with Gasteiger partial charge < -0.3 is 15.4 Å². The normalized spacial score (nSPS) is 12.6. The zero-order valence-electron chi connectivity index (χ0n) is 12.7. The van der Waals surface area contributed by atoms with Crippen molar-refractivity contribution in [1.82, 2.24) is 15.0 Å². The largest absolute Gasteiger partial charge is 0.461 e. The van der Waals surface area contributed by atoms with Crippen LogP contribution in [0.25, 0.3) is 0 Å². The lowest BCUT2D eigenvalue weighted by molar-refractivity contribution is 0.222. The van der Waals surface area contributed by atoms with Crippen molar-refractivity contribution in [3.05, 3.63) is 0 Å². The maximum absolute atomic E-state index is 5.52. The molecule has 0 amide bonds. The van der Waals surface area contributed by atoms with Gasteiger partial charge in [-0.2, -0.15) is 15.0 Å². The average Bonchev–Trinajstić information content (AvgIpc) is 2.26. The SMILES string of the molecule is CNc1nc(NC(C)CC(C)C)nc(OC(C)C)n1. The molecule has 0 aliphatic carbocycles. The van der Waals surface area contributed by atoms with Gasteiger partial charge in [0.2, 0.25) is 11.9 Å². The second kappa shape index (κ2) is 7.11. The number of ether oxygens (including phenoxy) is 1. The van der Waals surface area contributed by atoms with Crippen molar-refractivity contribution in [2.24, 2.45) is 5.92 Å². The van der Waals surface area contributed by atoms with Gasteiger partial charge in [0.1, 0.15) is 0 Å². The summed E-state index contributed by atoms with van der Waals surface area (Å²) in [6.07, 6.45) is 1.09. The standard InChI is InChI=1S/C13H25N5O/c1-8(2)7-10(5)15-12-16-11(14-6)17-13(18-12)19-9(3)4/h8-10H,7H2,1-6H3,(H2,14,15,16,17,18). The number of hydrogen-bond acceptors (Lipinski definition) is 6. The summed E-state index contributed by atoms with van der Waals surface area (Å²) in [5.41, 5.74) is 0. The molecule has 0 fully saturated rings. The number of rotatable bonds is 7. The summed E-state index contributed by atoms with van der Waals surface area (Å²) in [5.74, 6) is 1.67. The number of hydrogen-bond donors (Lipinski definition) is 2. The minimum atomic E-state index is 0.0352. The Kier molecular flexibility index (Phi) is 5.79. The first-order chi connectivity index (χ1) is 8.90. The molecule has 0 aliphatic heterocycles. The predicted molar refractivity (Wildman–Crippen MR) is 77.7 cm³/mol. The zero-order chi connectivity index (χ0) is 14.4. The van der Waals surface area contributed by atoms with Crippen LogP contribution < -0.4 is 15.4 Å². The van der Waals surface area contributed by atoms with E-state index in [1.165, 1.54) is 0 Å². The Morgan fingerprint density at radius 3 is 2.16 bits per heavy atom. The Labute approximate surface area is 115 Å². The van der Waals surface area contributed by atoms with Gasteiger partial charge in [-0.25, -0.2) is 0 Å². The molecule has 2 N–H and O–H groups in total. The fourth-order valence-electron chi connectivity index (χ4n) is 1.78. The Morgan fingerprint density at radius 2 is 1.63 bits per heavy atom. The van der Waals surface area contributed by atoms with E-state index in [4.69, 9.17) is 4.74 Å². The molecule has 0 aliphatic rings. The number of nitrogens with zero attached hydrogens (tertiary/aromatic N) is 3. The molecule has 6 heteroatoms. The Balaban J connectivity index is 2.81. The molecule has 0 spiro atoms. The van der Waals surface area contributed by atoms with Crippen molar-refractivity contribution in [2.75, 3.05) is 17.7 Å². The van der Waals surface area contributed by atoms with Gasteiger partial charge in [0, 0.05) is 13.1 Å². The minimum Gasteiger partial charge on any atom is -0.461 e. The lowest BCUT2D eigenvalue weighted by atomic mass is 10.1. The summed E-state index contributed by atoms with van der Waals surface area (Å²) in [5, 5.41) is 6.19. The molecule has 0 saturated heterocycles. The fraction of sp³-hybridized carbons (Fsp3) is 0.769. The van der Waals surface area contributed by atoms with Gasteiger partial charge >= 0.3 is 6.01 Å². The van der Waals surface area contributed by atoms with Gasteiger partial charge in [0.25, 0.3) is 0 Å². The first-order valence-electron chi connectivity index (χ1n) is 6.77. The molecule has 1 aromatic heterocycles. The van der Waals surface area contributed by atoms with Crippen LogP contribution in [0.5, 0.6) is 6.01 Å². The molecule has 1 unspecified atom stereocenters. The summed E-state index contributed by atoms with van der Waals surface area (Å²) in [6.45, 7) is 10.4. The topological polar surface area (TPSA) is 72.0 Å². The maximum Gasteiger partial charge on any atom is 0.323 e. The highest BCUT2D eigenvalue weighted by Gasteiger charge is 2.11. The third-order valence-corrected chi connectivity index (χ3v) is 2.38. The molecule has 0 bridgehead atoms. The van der Waals surface area contributed by atoms with Crippen LogP contribution in [0.2, 0.25) is 0 Å². The lowest BCUT2D eigenvalue weighted by Gasteiger charge is -2.17. The highest BCUT2D eigenvalue weighted by Crippen LogP contribution is 2.14. The first-order valence-corrected chi connectivity index (χ1v) is 6.77. The van der Waals surface area contributed by atoms with E-state index < -0.39 is 0 Å². The van der Waals surface area contributed by atoms with Crippen molar-refractivity contribution in [3.8, 4) is 6.01 Å². The van der Waals surface area contributed by atoms with Crippen LogP contribution in [0.15, 0.2) is 0 Å².